The number of ether oxygens (including phenoxy) is 1. The van der Waals surface area contributed by atoms with E-state index in [1.165, 1.54) is 29.2 Å². The summed E-state index contributed by atoms with van der Waals surface area (Å²) in [5, 5.41) is 6.27. The maximum absolute atomic E-state index is 12.2. The summed E-state index contributed by atoms with van der Waals surface area (Å²) in [5.41, 5.74) is 0.549. The number of alkyl halides is 2. The van der Waals surface area contributed by atoms with E-state index in [0.29, 0.717) is 11.4 Å². The Balaban J connectivity index is 1.53. The van der Waals surface area contributed by atoms with E-state index in [4.69, 9.17) is 4.52 Å². The third-order valence-corrected chi connectivity index (χ3v) is 3.71. The first-order valence-corrected chi connectivity index (χ1v) is 7.50. The van der Waals surface area contributed by atoms with Crippen molar-refractivity contribution in [1.29, 1.82) is 0 Å². The fourth-order valence-electron chi connectivity index (χ4n) is 2.43. The number of carbonyl (C=O) groups excluding carboxylic acids is 2. The van der Waals surface area contributed by atoms with Gasteiger partial charge in [-0.15, -0.1) is 0 Å². The van der Waals surface area contributed by atoms with Crippen LogP contribution in [0.15, 0.2) is 34.9 Å². The van der Waals surface area contributed by atoms with Crippen LogP contribution in [-0.4, -0.2) is 41.6 Å². The SMILES string of the molecule is Cc1cc(C(=O)N2CC(C(=O)Nc3cccc(OC(F)F)c3)C2)no1. The van der Waals surface area contributed by atoms with Gasteiger partial charge < -0.3 is 19.5 Å². The van der Waals surface area contributed by atoms with Gasteiger partial charge in [-0.2, -0.15) is 8.78 Å². The van der Waals surface area contributed by atoms with E-state index in [2.05, 4.69) is 15.2 Å². The third-order valence-electron chi connectivity index (χ3n) is 3.71. The van der Waals surface area contributed by atoms with Crippen LogP contribution in [0.1, 0.15) is 16.2 Å². The Hall–Kier alpha value is -2.97. The van der Waals surface area contributed by atoms with E-state index >= 15 is 0 Å². The number of aromatic nitrogens is 1. The van der Waals surface area contributed by atoms with Crippen LogP contribution < -0.4 is 10.1 Å². The molecule has 2 aromatic rings. The van der Waals surface area contributed by atoms with Crippen LogP contribution in [0, 0.1) is 12.8 Å². The van der Waals surface area contributed by atoms with Crippen molar-refractivity contribution in [2.24, 2.45) is 5.92 Å². The predicted molar refractivity (Wildman–Crippen MR) is 82.3 cm³/mol. The minimum absolute atomic E-state index is 0.0420. The molecule has 2 amide bonds. The van der Waals surface area contributed by atoms with E-state index in [-0.39, 0.29) is 42.3 Å². The van der Waals surface area contributed by atoms with Gasteiger partial charge in [-0.05, 0) is 19.1 Å². The lowest BCUT2D eigenvalue weighted by molar-refractivity contribution is -0.123. The van der Waals surface area contributed by atoms with Gasteiger partial charge in [0.05, 0.1) is 5.92 Å². The molecule has 25 heavy (non-hydrogen) atoms. The fourth-order valence-corrected chi connectivity index (χ4v) is 2.43. The Labute approximate surface area is 141 Å². The number of likely N-dealkylation sites (tertiary alicyclic amines) is 1. The summed E-state index contributed by atoms with van der Waals surface area (Å²) in [6.45, 7) is -0.743. The largest absolute Gasteiger partial charge is 0.435 e. The monoisotopic (exact) mass is 351 g/mol. The van der Waals surface area contributed by atoms with Crippen LogP contribution in [0.5, 0.6) is 5.75 Å². The van der Waals surface area contributed by atoms with Crippen molar-refractivity contribution in [1.82, 2.24) is 10.1 Å². The van der Waals surface area contributed by atoms with Crippen LogP contribution in [-0.2, 0) is 4.79 Å². The van der Waals surface area contributed by atoms with Gasteiger partial charge in [0.2, 0.25) is 5.91 Å². The van der Waals surface area contributed by atoms with E-state index in [9.17, 15) is 18.4 Å². The number of benzene rings is 1. The average Bonchev–Trinajstić information content (AvgIpc) is 2.92. The predicted octanol–water partition coefficient (Wildman–Crippen LogP) is 2.30. The van der Waals surface area contributed by atoms with Gasteiger partial charge in [-0.3, -0.25) is 9.59 Å². The molecule has 1 aromatic heterocycles. The Bertz CT molecular complexity index is 787. The molecular formula is C16H15F2N3O4. The number of carbonyl (C=O) groups is 2. The first-order valence-electron chi connectivity index (χ1n) is 7.50. The summed E-state index contributed by atoms with van der Waals surface area (Å²) in [5.74, 6) is -0.483. The van der Waals surface area contributed by atoms with E-state index in [1.807, 2.05) is 0 Å². The van der Waals surface area contributed by atoms with Gasteiger partial charge in [0, 0.05) is 30.9 Å². The van der Waals surface area contributed by atoms with Crippen molar-refractivity contribution in [2.45, 2.75) is 13.5 Å². The fraction of sp³-hybridized carbons (Fsp3) is 0.312. The van der Waals surface area contributed by atoms with E-state index in [1.54, 1.807) is 13.0 Å². The van der Waals surface area contributed by atoms with Crippen molar-refractivity contribution in [2.75, 3.05) is 18.4 Å². The van der Waals surface area contributed by atoms with Crippen LogP contribution >= 0.6 is 0 Å². The van der Waals surface area contributed by atoms with Crippen molar-refractivity contribution in [3.8, 4) is 5.75 Å². The zero-order valence-electron chi connectivity index (χ0n) is 13.2. The third kappa shape index (κ3) is 3.93. The zero-order valence-corrected chi connectivity index (χ0v) is 13.2. The Morgan fingerprint density at radius 3 is 2.76 bits per heavy atom. The highest BCUT2D eigenvalue weighted by Gasteiger charge is 2.37. The molecule has 3 rings (SSSR count). The van der Waals surface area contributed by atoms with Crippen LogP contribution in [0.25, 0.3) is 0 Å². The summed E-state index contributed by atoms with van der Waals surface area (Å²) in [7, 11) is 0. The van der Waals surface area contributed by atoms with Gasteiger partial charge in [0.15, 0.2) is 5.69 Å². The van der Waals surface area contributed by atoms with Gasteiger partial charge in [0.25, 0.3) is 5.91 Å². The second-order valence-electron chi connectivity index (χ2n) is 5.63. The molecule has 0 aliphatic carbocycles. The number of anilines is 1. The molecule has 2 heterocycles. The number of amides is 2. The number of nitrogens with one attached hydrogen (secondary N) is 1. The molecule has 0 atom stereocenters. The first kappa shape index (κ1) is 16.9. The van der Waals surface area contributed by atoms with E-state index in [0.717, 1.165) is 0 Å². The minimum Gasteiger partial charge on any atom is -0.435 e. The van der Waals surface area contributed by atoms with Crippen LogP contribution in [0.3, 0.4) is 0 Å². The van der Waals surface area contributed by atoms with Crippen molar-refractivity contribution < 1.29 is 27.6 Å². The summed E-state index contributed by atoms with van der Waals surface area (Å²) < 4.78 is 33.6. The Kier molecular flexibility index (Phi) is 4.64. The molecule has 0 radical (unpaired) electrons. The maximum atomic E-state index is 12.2. The molecule has 1 N–H and O–H groups in total. The highest BCUT2D eigenvalue weighted by molar-refractivity contribution is 5.97. The second kappa shape index (κ2) is 6.88. The summed E-state index contributed by atoms with van der Waals surface area (Å²) in [6, 6.07) is 7.27. The smallest absolute Gasteiger partial charge is 0.387 e. The highest BCUT2D eigenvalue weighted by atomic mass is 19.3. The van der Waals surface area contributed by atoms with Crippen LogP contribution in [0.4, 0.5) is 14.5 Å². The quantitative estimate of drug-likeness (QED) is 0.893. The summed E-state index contributed by atoms with van der Waals surface area (Å²) in [4.78, 5) is 25.7. The molecular weight excluding hydrogens is 336 g/mol. The number of aryl methyl sites for hydroxylation is 1. The van der Waals surface area contributed by atoms with Crippen LogP contribution in [0.2, 0.25) is 0 Å². The lowest BCUT2D eigenvalue weighted by atomic mass is 9.98. The lowest BCUT2D eigenvalue weighted by Crippen LogP contribution is -2.54. The summed E-state index contributed by atoms with van der Waals surface area (Å²) in [6.07, 6.45) is 0. The Morgan fingerprint density at radius 2 is 2.12 bits per heavy atom. The standard InChI is InChI=1S/C16H15F2N3O4/c1-9-5-13(20-25-9)15(23)21-7-10(8-21)14(22)19-11-3-2-4-12(6-11)24-16(17)18/h2-6,10,16H,7-8H2,1H3,(H,19,22). The van der Waals surface area contributed by atoms with Gasteiger partial charge in [-0.25, -0.2) is 0 Å². The number of hydrogen-bond acceptors (Lipinski definition) is 5. The molecule has 1 fully saturated rings. The Morgan fingerprint density at radius 1 is 1.36 bits per heavy atom. The normalized spacial score (nSPS) is 14.3. The van der Waals surface area contributed by atoms with Gasteiger partial charge in [0.1, 0.15) is 11.5 Å². The van der Waals surface area contributed by atoms with E-state index < -0.39 is 6.61 Å². The molecule has 9 heteroatoms. The molecule has 0 saturated carbocycles. The molecule has 1 aliphatic rings. The number of halogens is 2. The second-order valence-corrected chi connectivity index (χ2v) is 5.63. The lowest BCUT2D eigenvalue weighted by Gasteiger charge is -2.37. The zero-order chi connectivity index (χ0) is 18.0. The van der Waals surface area contributed by atoms with Crippen molar-refractivity contribution in [3.63, 3.8) is 0 Å². The number of rotatable bonds is 5. The van der Waals surface area contributed by atoms with Gasteiger partial charge >= 0.3 is 6.61 Å². The molecule has 132 valence electrons. The molecule has 0 unspecified atom stereocenters. The topological polar surface area (TPSA) is 84.7 Å². The molecule has 0 bridgehead atoms. The highest BCUT2D eigenvalue weighted by Crippen LogP contribution is 2.23. The number of nitrogens with zero attached hydrogens (tertiary/aromatic N) is 2. The molecule has 0 spiro atoms. The first-order chi connectivity index (χ1) is 11.9. The average molecular weight is 351 g/mol. The molecule has 1 aromatic carbocycles. The minimum atomic E-state index is -2.93. The molecule has 1 aliphatic heterocycles. The maximum Gasteiger partial charge on any atom is 0.387 e. The molecule has 1 saturated heterocycles. The van der Waals surface area contributed by atoms with Gasteiger partial charge in [-0.1, -0.05) is 11.2 Å². The summed E-state index contributed by atoms with van der Waals surface area (Å²) >= 11 is 0. The van der Waals surface area contributed by atoms with Crippen molar-refractivity contribution in [3.05, 3.63) is 41.8 Å². The van der Waals surface area contributed by atoms with Crippen molar-refractivity contribution >= 4 is 17.5 Å². The number of hydrogen-bond donors (Lipinski definition) is 1. The molecule has 7 nitrogen and oxygen atoms in total.